The van der Waals surface area contributed by atoms with Gasteiger partial charge in [0.1, 0.15) is 13.2 Å². The number of carbonyl (C=O) groups excluding carboxylic acids is 1. The lowest BCUT2D eigenvalue weighted by Crippen LogP contribution is -2.43. The predicted octanol–water partition coefficient (Wildman–Crippen LogP) is 4.48. The van der Waals surface area contributed by atoms with Crippen molar-refractivity contribution >= 4 is 23.3 Å². The van der Waals surface area contributed by atoms with E-state index < -0.39 is 5.54 Å². The van der Waals surface area contributed by atoms with E-state index >= 15 is 0 Å². The van der Waals surface area contributed by atoms with Gasteiger partial charge in [0.05, 0.1) is 5.54 Å². The molecule has 2 aromatic carbocycles. The summed E-state index contributed by atoms with van der Waals surface area (Å²) < 4.78 is 11.2. The number of halogens is 1. The van der Waals surface area contributed by atoms with Gasteiger partial charge in [-0.1, -0.05) is 23.7 Å². The SMILES string of the molecule is Cc1ccc(NC(=O)NC(C)(C)c2ccc3c(c2)OCCO3)cc1Cl. The lowest BCUT2D eigenvalue weighted by molar-refractivity contribution is 0.171. The van der Waals surface area contributed by atoms with Gasteiger partial charge in [-0.25, -0.2) is 4.79 Å². The number of fused-ring (bicyclic) bond motifs is 1. The van der Waals surface area contributed by atoms with Crippen LogP contribution in [-0.2, 0) is 5.54 Å². The zero-order valence-electron chi connectivity index (χ0n) is 14.5. The molecule has 0 radical (unpaired) electrons. The maximum absolute atomic E-state index is 12.4. The van der Waals surface area contributed by atoms with E-state index in [4.69, 9.17) is 21.1 Å². The van der Waals surface area contributed by atoms with Crippen molar-refractivity contribution in [1.82, 2.24) is 5.32 Å². The Morgan fingerprint density at radius 2 is 1.80 bits per heavy atom. The Kier molecular flexibility index (Phi) is 4.77. The van der Waals surface area contributed by atoms with E-state index in [1.54, 1.807) is 6.07 Å². The highest BCUT2D eigenvalue weighted by Gasteiger charge is 2.25. The molecule has 1 heterocycles. The predicted molar refractivity (Wildman–Crippen MR) is 98.8 cm³/mol. The van der Waals surface area contributed by atoms with Gasteiger partial charge in [0.2, 0.25) is 0 Å². The van der Waals surface area contributed by atoms with Crippen molar-refractivity contribution in [3.63, 3.8) is 0 Å². The number of urea groups is 1. The first kappa shape index (κ1) is 17.4. The van der Waals surface area contributed by atoms with E-state index in [0.717, 1.165) is 16.9 Å². The molecule has 2 N–H and O–H groups in total. The molecular formula is C19H21ClN2O3. The summed E-state index contributed by atoms with van der Waals surface area (Å²) in [6.45, 7) is 6.85. The van der Waals surface area contributed by atoms with Crippen LogP contribution < -0.4 is 20.1 Å². The molecule has 1 aliphatic heterocycles. The molecule has 0 spiro atoms. The number of nitrogens with one attached hydrogen (secondary N) is 2. The fourth-order valence-corrected chi connectivity index (χ4v) is 2.80. The smallest absolute Gasteiger partial charge is 0.319 e. The van der Waals surface area contributed by atoms with Crippen LogP contribution in [-0.4, -0.2) is 19.2 Å². The van der Waals surface area contributed by atoms with E-state index in [1.165, 1.54) is 0 Å². The molecule has 0 aliphatic carbocycles. The van der Waals surface area contributed by atoms with Gasteiger partial charge in [-0.3, -0.25) is 0 Å². The first-order chi connectivity index (χ1) is 11.8. The normalized spacial score (nSPS) is 13.3. The molecule has 0 fully saturated rings. The van der Waals surface area contributed by atoms with Gasteiger partial charge >= 0.3 is 6.03 Å². The van der Waals surface area contributed by atoms with Crippen LogP contribution >= 0.6 is 11.6 Å². The third kappa shape index (κ3) is 3.99. The highest BCUT2D eigenvalue weighted by molar-refractivity contribution is 6.31. The second-order valence-corrected chi connectivity index (χ2v) is 6.93. The van der Waals surface area contributed by atoms with Gasteiger partial charge in [-0.15, -0.1) is 0 Å². The van der Waals surface area contributed by atoms with E-state index in [2.05, 4.69) is 10.6 Å². The third-order valence-corrected chi connectivity index (χ3v) is 4.53. The van der Waals surface area contributed by atoms with Crippen LogP contribution in [0, 0.1) is 6.92 Å². The molecular weight excluding hydrogens is 340 g/mol. The van der Waals surface area contributed by atoms with Crippen molar-refractivity contribution < 1.29 is 14.3 Å². The van der Waals surface area contributed by atoms with Crippen LogP contribution in [0.15, 0.2) is 36.4 Å². The van der Waals surface area contributed by atoms with Crippen molar-refractivity contribution in [1.29, 1.82) is 0 Å². The largest absolute Gasteiger partial charge is 0.486 e. The van der Waals surface area contributed by atoms with Gasteiger partial charge in [-0.2, -0.15) is 0 Å². The second kappa shape index (κ2) is 6.84. The zero-order chi connectivity index (χ0) is 18.0. The number of aryl methyl sites for hydroxylation is 1. The summed E-state index contributed by atoms with van der Waals surface area (Å²) in [4.78, 5) is 12.4. The summed E-state index contributed by atoms with van der Waals surface area (Å²) in [5, 5.41) is 6.39. The van der Waals surface area contributed by atoms with Gasteiger partial charge in [-0.05, 0) is 56.2 Å². The van der Waals surface area contributed by atoms with E-state index in [-0.39, 0.29) is 6.03 Å². The lowest BCUT2D eigenvalue weighted by atomic mass is 9.94. The Labute approximate surface area is 152 Å². The number of hydrogen-bond acceptors (Lipinski definition) is 3. The Bertz CT molecular complexity index is 805. The topological polar surface area (TPSA) is 59.6 Å². The number of hydrogen-bond donors (Lipinski definition) is 2. The standard InChI is InChI=1S/C19H21ClN2O3/c1-12-4-6-14(11-15(12)20)21-18(23)22-19(2,3)13-5-7-16-17(10-13)25-9-8-24-16/h4-7,10-11H,8-9H2,1-3H3,(H2,21,22,23). The summed E-state index contributed by atoms with van der Waals surface area (Å²) in [5.74, 6) is 1.42. The summed E-state index contributed by atoms with van der Waals surface area (Å²) in [7, 11) is 0. The summed E-state index contributed by atoms with van der Waals surface area (Å²) in [6.07, 6.45) is 0. The quantitative estimate of drug-likeness (QED) is 0.848. The van der Waals surface area contributed by atoms with Gasteiger partial charge in [0.15, 0.2) is 11.5 Å². The molecule has 25 heavy (non-hydrogen) atoms. The van der Waals surface area contributed by atoms with Crippen molar-refractivity contribution in [2.45, 2.75) is 26.3 Å². The monoisotopic (exact) mass is 360 g/mol. The summed E-state index contributed by atoms with van der Waals surface area (Å²) >= 11 is 6.10. The molecule has 0 aromatic heterocycles. The third-order valence-electron chi connectivity index (χ3n) is 4.12. The highest BCUT2D eigenvalue weighted by atomic mass is 35.5. The molecule has 6 heteroatoms. The van der Waals surface area contributed by atoms with Gasteiger partial charge in [0.25, 0.3) is 0 Å². The van der Waals surface area contributed by atoms with E-state index in [0.29, 0.717) is 29.7 Å². The first-order valence-electron chi connectivity index (χ1n) is 8.10. The van der Waals surface area contributed by atoms with Crippen LogP contribution in [0.5, 0.6) is 11.5 Å². The highest BCUT2D eigenvalue weighted by Crippen LogP contribution is 2.34. The molecule has 0 saturated heterocycles. The number of amides is 2. The minimum Gasteiger partial charge on any atom is -0.486 e. The second-order valence-electron chi connectivity index (χ2n) is 6.53. The Balaban J connectivity index is 1.71. The van der Waals surface area contributed by atoms with Crippen LogP contribution in [0.2, 0.25) is 5.02 Å². The molecule has 2 aromatic rings. The van der Waals surface area contributed by atoms with Crippen molar-refractivity contribution in [3.8, 4) is 11.5 Å². The average Bonchev–Trinajstić information content (AvgIpc) is 2.57. The van der Waals surface area contributed by atoms with E-state index in [1.807, 2.05) is 51.1 Å². The molecule has 0 unspecified atom stereocenters. The average molecular weight is 361 g/mol. The molecule has 0 atom stereocenters. The molecule has 5 nitrogen and oxygen atoms in total. The van der Waals surface area contributed by atoms with Gasteiger partial charge < -0.3 is 20.1 Å². The maximum Gasteiger partial charge on any atom is 0.319 e. The molecule has 3 rings (SSSR count). The molecule has 0 saturated carbocycles. The first-order valence-corrected chi connectivity index (χ1v) is 8.48. The lowest BCUT2D eigenvalue weighted by Gasteiger charge is -2.28. The maximum atomic E-state index is 12.4. The zero-order valence-corrected chi connectivity index (χ0v) is 15.2. The number of carbonyl (C=O) groups is 1. The fourth-order valence-electron chi connectivity index (χ4n) is 2.62. The van der Waals surface area contributed by atoms with Crippen molar-refractivity contribution in [3.05, 3.63) is 52.5 Å². The number of anilines is 1. The summed E-state index contributed by atoms with van der Waals surface area (Å²) in [6, 6.07) is 10.8. The van der Waals surface area contributed by atoms with Crippen LogP contribution in [0.1, 0.15) is 25.0 Å². The fraction of sp³-hybridized carbons (Fsp3) is 0.316. The Morgan fingerprint density at radius 3 is 2.52 bits per heavy atom. The van der Waals surface area contributed by atoms with Crippen LogP contribution in [0.4, 0.5) is 10.5 Å². The molecule has 1 aliphatic rings. The van der Waals surface area contributed by atoms with Crippen molar-refractivity contribution in [2.75, 3.05) is 18.5 Å². The minimum atomic E-state index is -0.589. The molecule has 0 bridgehead atoms. The Morgan fingerprint density at radius 1 is 1.08 bits per heavy atom. The molecule has 132 valence electrons. The minimum absolute atomic E-state index is 0.306. The van der Waals surface area contributed by atoms with Crippen molar-refractivity contribution in [2.24, 2.45) is 0 Å². The van der Waals surface area contributed by atoms with Crippen LogP contribution in [0.3, 0.4) is 0 Å². The van der Waals surface area contributed by atoms with Crippen LogP contribution in [0.25, 0.3) is 0 Å². The summed E-state index contributed by atoms with van der Waals surface area (Å²) in [5.41, 5.74) is 1.94. The number of benzene rings is 2. The van der Waals surface area contributed by atoms with E-state index in [9.17, 15) is 4.79 Å². The number of ether oxygens (including phenoxy) is 2. The van der Waals surface area contributed by atoms with Gasteiger partial charge in [0, 0.05) is 10.7 Å². The molecule has 2 amide bonds. The number of rotatable bonds is 3. The Hall–Kier alpha value is -2.40.